The summed E-state index contributed by atoms with van der Waals surface area (Å²) in [5, 5.41) is 0. The molecule has 334 valence electrons. The van der Waals surface area contributed by atoms with Crippen molar-refractivity contribution in [2.24, 2.45) is 0 Å². The van der Waals surface area contributed by atoms with Crippen LogP contribution in [0.1, 0.15) is 113 Å². The lowest BCUT2D eigenvalue weighted by Gasteiger charge is -2.33. The molecule has 64 heavy (non-hydrogen) atoms. The van der Waals surface area contributed by atoms with Gasteiger partial charge in [-0.1, -0.05) is 139 Å². The van der Waals surface area contributed by atoms with Gasteiger partial charge in [0.15, 0.2) is 0 Å². The first kappa shape index (κ1) is 45.7. The monoisotopic (exact) mass is 855 g/mol. The lowest BCUT2D eigenvalue weighted by atomic mass is 9.71. The standard InChI is InChI=1S/C60H70O4/c1-11-57(3,4)47-21-13-41(14-22-47)43-17-25-49-51-27-19-45(39-55(51)59(29-33-61-7,30-34-62-8)53(49)37-43)46-20-28-52-50-26-18-44(42-15-23-48(24-16-42)58(5,6)12-2)38-54(50)60(31-35-63-9,32-36-64-10)56(52)40-46/h13-28,37-40H,11-12,29-36H2,1-10H3. The zero-order valence-corrected chi connectivity index (χ0v) is 40.3. The number of benzene rings is 6. The molecule has 6 aromatic rings. The molecule has 2 aliphatic rings. The van der Waals surface area contributed by atoms with E-state index in [1.807, 2.05) is 28.4 Å². The van der Waals surface area contributed by atoms with Gasteiger partial charge in [-0.15, -0.1) is 0 Å². The molecule has 4 heteroatoms. The predicted octanol–water partition coefficient (Wildman–Crippen LogP) is 14.7. The van der Waals surface area contributed by atoms with Gasteiger partial charge in [-0.3, -0.25) is 0 Å². The van der Waals surface area contributed by atoms with Crippen LogP contribution in [0.15, 0.2) is 121 Å². The van der Waals surface area contributed by atoms with Crippen LogP contribution in [0.5, 0.6) is 0 Å². The van der Waals surface area contributed by atoms with Gasteiger partial charge in [-0.05, 0) is 163 Å². The molecule has 0 saturated carbocycles. The van der Waals surface area contributed by atoms with E-state index in [9.17, 15) is 0 Å². The number of hydrogen-bond acceptors (Lipinski definition) is 4. The van der Waals surface area contributed by atoms with E-state index in [0.717, 1.165) is 38.5 Å². The Bertz CT molecular complexity index is 2380. The van der Waals surface area contributed by atoms with Crippen LogP contribution in [0.2, 0.25) is 0 Å². The van der Waals surface area contributed by atoms with Gasteiger partial charge in [-0.2, -0.15) is 0 Å². The summed E-state index contributed by atoms with van der Waals surface area (Å²) in [6, 6.07) is 47.1. The second kappa shape index (κ2) is 18.6. The summed E-state index contributed by atoms with van der Waals surface area (Å²) >= 11 is 0. The molecule has 8 rings (SSSR count). The molecule has 0 N–H and O–H groups in total. The Hall–Kier alpha value is -4.84. The topological polar surface area (TPSA) is 36.9 Å². The van der Waals surface area contributed by atoms with Crippen LogP contribution >= 0.6 is 0 Å². The van der Waals surface area contributed by atoms with E-state index in [1.165, 1.54) is 89.0 Å². The maximum absolute atomic E-state index is 5.89. The average molecular weight is 855 g/mol. The fourth-order valence-corrected chi connectivity index (χ4v) is 10.8. The summed E-state index contributed by atoms with van der Waals surface area (Å²) in [5.41, 5.74) is 20.6. The number of rotatable bonds is 19. The van der Waals surface area contributed by atoms with Crippen LogP contribution in [0.25, 0.3) is 55.6 Å². The van der Waals surface area contributed by atoms with Crippen LogP contribution < -0.4 is 0 Å². The maximum Gasteiger partial charge on any atom is 0.0474 e. The van der Waals surface area contributed by atoms with E-state index in [1.54, 1.807) is 0 Å². The molecule has 0 heterocycles. The Kier molecular flexibility index (Phi) is 13.3. The Morgan fingerprint density at radius 2 is 0.578 bits per heavy atom. The molecule has 0 amide bonds. The highest BCUT2D eigenvalue weighted by Gasteiger charge is 2.45. The van der Waals surface area contributed by atoms with Crippen molar-refractivity contribution in [3.05, 3.63) is 155 Å². The first-order valence-corrected chi connectivity index (χ1v) is 23.7. The van der Waals surface area contributed by atoms with Gasteiger partial charge >= 0.3 is 0 Å². The second-order valence-corrected chi connectivity index (χ2v) is 19.8. The number of ether oxygens (including phenoxy) is 4. The average Bonchev–Trinajstić information content (AvgIpc) is 3.76. The van der Waals surface area contributed by atoms with Crippen molar-refractivity contribution < 1.29 is 18.9 Å². The molecule has 0 bridgehead atoms. The fourth-order valence-electron chi connectivity index (χ4n) is 10.8. The minimum atomic E-state index is -0.276. The molecule has 0 spiro atoms. The highest BCUT2D eigenvalue weighted by Crippen LogP contribution is 2.57. The van der Waals surface area contributed by atoms with Crippen molar-refractivity contribution in [1.29, 1.82) is 0 Å². The highest BCUT2D eigenvalue weighted by atomic mass is 16.5. The quantitative estimate of drug-likeness (QED) is 0.0813. The molecular weight excluding hydrogens is 785 g/mol. The lowest BCUT2D eigenvalue weighted by molar-refractivity contribution is 0.145. The van der Waals surface area contributed by atoms with Gasteiger partial charge in [-0.25, -0.2) is 0 Å². The number of methoxy groups -OCH3 is 4. The molecule has 0 fully saturated rings. The summed E-state index contributed by atoms with van der Waals surface area (Å²) in [4.78, 5) is 0. The molecule has 4 nitrogen and oxygen atoms in total. The van der Waals surface area contributed by atoms with Crippen molar-refractivity contribution >= 4 is 0 Å². The normalized spacial score (nSPS) is 14.6. The summed E-state index contributed by atoms with van der Waals surface area (Å²) in [5.74, 6) is 0. The van der Waals surface area contributed by atoms with Crippen LogP contribution in [-0.4, -0.2) is 54.9 Å². The van der Waals surface area contributed by atoms with Gasteiger partial charge in [0.1, 0.15) is 0 Å². The minimum absolute atomic E-state index is 0.145. The van der Waals surface area contributed by atoms with Gasteiger partial charge in [0.25, 0.3) is 0 Å². The van der Waals surface area contributed by atoms with E-state index in [4.69, 9.17) is 18.9 Å². The van der Waals surface area contributed by atoms with Gasteiger partial charge in [0.2, 0.25) is 0 Å². The third-order valence-corrected chi connectivity index (χ3v) is 15.8. The SMILES string of the molecule is CCC(C)(C)c1ccc(-c2ccc3c(c2)C(CCOC)(CCOC)c2cc(-c4ccc5c(c4)C(CCOC)(CCOC)c4cc(-c6ccc(C(C)(C)CC)cc6)ccc4-5)ccc2-3)cc1. The van der Waals surface area contributed by atoms with E-state index < -0.39 is 0 Å². The van der Waals surface area contributed by atoms with E-state index in [0.29, 0.717) is 26.4 Å². The molecule has 6 aromatic carbocycles. The van der Waals surface area contributed by atoms with Crippen molar-refractivity contribution in [1.82, 2.24) is 0 Å². The maximum atomic E-state index is 5.89. The molecule has 0 atom stereocenters. The Labute approximate surface area is 384 Å². The zero-order chi connectivity index (χ0) is 45.3. The fraction of sp³-hybridized carbons (Fsp3) is 0.400. The van der Waals surface area contributed by atoms with Crippen LogP contribution in [0, 0.1) is 0 Å². The van der Waals surface area contributed by atoms with Crippen molar-refractivity contribution in [3.63, 3.8) is 0 Å². The van der Waals surface area contributed by atoms with E-state index >= 15 is 0 Å². The molecule has 0 radical (unpaired) electrons. The van der Waals surface area contributed by atoms with Crippen LogP contribution in [-0.2, 0) is 40.6 Å². The van der Waals surface area contributed by atoms with Gasteiger partial charge < -0.3 is 18.9 Å². The highest BCUT2D eigenvalue weighted by molar-refractivity contribution is 5.89. The summed E-state index contributed by atoms with van der Waals surface area (Å²) in [6.07, 6.45) is 5.65. The van der Waals surface area contributed by atoms with Crippen LogP contribution in [0.3, 0.4) is 0 Å². The summed E-state index contributed by atoms with van der Waals surface area (Å²) < 4.78 is 23.6. The molecule has 0 unspecified atom stereocenters. The first-order chi connectivity index (χ1) is 30.9. The van der Waals surface area contributed by atoms with Crippen molar-refractivity contribution in [2.45, 2.75) is 102 Å². The third-order valence-electron chi connectivity index (χ3n) is 15.8. The first-order valence-electron chi connectivity index (χ1n) is 23.7. The molecule has 0 aromatic heterocycles. The smallest absolute Gasteiger partial charge is 0.0474 e. The third kappa shape index (κ3) is 8.10. The Morgan fingerprint density at radius 1 is 0.344 bits per heavy atom. The predicted molar refractivity (Wildman–Crippen MR) is 268 cm³/mol. The van der Waals surface area contributed by atoms with Gasteiger partial charge in [0, 0.05) is 65.7 Å². The summed E-state index contributed by atoms with van der Waals surface area (Å²) in [6.45, 7) is 16.5. The molecule has 0 aliphatic heterocycles. The summed E-state index contributed by atoms with van der Waals surface area (Å²) in [7, 11) is 7.28. The molecule has 2 aliphatic carbocycles. The van der Waals surface area contributed by atoms with E-state index in [2.05, 4.69) is 163 Å². The second-order valence-electron chi connectivity index (χ2n) is 19.8. The van der Waals surface area contributed by atoms with Crippen molar-refractivity contribution in [3.8, 4) is 55.6 Å². The van der Waals surface area contributed by atoms with E-state index in [-0.39, 0.29) is 21.7 Å². The Balaban J connectivity index is 1.23. The molecular formula is C60H70O4. The lowest BCUT2D eigenvalue weighted by Crippen LogP contribution is -2.29. The molecule has 0 saturated heterocycles. The largest absolute Gasteiger partial charge is 0.385 e. The number of hydrogen-bond donors (Lipinski definition) is 0. The zero-order valence-electron chi connectivity index (χ0n) is 40.3. The van der Waals surface area contributed by atoms with Crippen LogP contribution in [0.4, 0.5) is 0 Å². The minimum Gasteiger partial charge on any atom is -0.385 e. The Morgan fingerprint density at radius 3 is 0.812 bits per heavy atom. The van der Waals surface area contributed by atoms with Gasteiger partial charge in [0.05, 0.1) is 0 Å². The van der Waals surface area contributed by atoms with Crippen molar-refractivity contribution in [2.75, 3.05) is 54.9 Å². The number of fused-ring (bicyclic) bond motifs is 6.